The average molecular weight is 294 g/mol. The molecule has 0 aliphatic carbocycles. The quantitative estimate of drug-likeness (QED) is 0.922. The summed E-state index contributed by atoms with van der Waals surface area (Å²) in [4.78, 5) is 17.0. The third-order valence-corrected chi connectivity index (χ3v) is 3.70. The van der Waals surface area contributed by atoms with E-state index in [4.69, 9.17) is 4.74 Å². The van der Waals surface area contributed by atoms with Crippen molar-refractivity contribution in [2.24, 2.45) is 0 Å². The van der Waals surface area contributed by atoms with Gasteiger partial charge in [-0.15, -0.1) is 11.3 Å². The van der Waals surface area contributed by atoms with E-state index in [1.807, 2.05) is 13.8 Å². The number of rotatable bonds is 5. The summed E-state index contributed by atoms with van der Waals surface area (Å²) in [6.45, 7) is 4.20. The third-order valence-electron chi connectivity index (χ3n) is 2.63. The molecule has 2 aromatic rings. The molecule has 6 heteroatoms. The third kappa shape index (κ3) is 4.03. The van der Waals surface area contributed by atoms with Crippen molar-refractivity contribution in [1.29, 1.82) is 0 Å². The molecule has 0 bridgehead atoms. The zero-order valence-electron chi connectivity index (χ0n) is 11.3. The first kappa shape index (κ1) is 14.5. The van der Waals surface area contributed by atoms with Crippen molar-refractivity contribution in [2.75, 3.05) is 6.61 Å². The van der Waals surface area contributed by atoms with Crippen molar-refractivity contribution in [3.8, 4) is 5.75 Å². The normalized spacial score (nSPS) is 10.3. The predicted octanol–water partition coefficient (Wildman–Crippen LogP) is 2.59. The van der Waals surface area contributed by atoms with Gasteiger partial charge in [0.15, 0.2) is 6.61 Å². The first-order valence-corrected chi connectivity index (χ1v) is 6.94. The van der Waals surface area contributed by atoms with Crippen LogP contribution in [0.3, 0.4) is 0 Å². The van der Waals surface area contributed by atoms with Crippen molar-refractivity contribution in [2.45, 2.75) is 20.4 Å². The fourth-order valence-electron chi connectivity index (χ4n) is 1.65. The fourth-order valence-corrected chi connectivity index (χ4v) is 2.52. The first-order valence-electron chi connectivity index (χ1n) is 6.12. The highest BCUT2D eigenvalue weighted by molar-refractivity contribution is 7.11. The van der Waals surface area contributed by atoms with Crippen LogP contribution in [-0.4, -0.2) is 17.5 Å². The Morgan fingerprint density at radius 2 is 2.05 bits per heavy atom. The molecule has 106 valence electrons. The molecule has 0 spiro atoms. The number of carbonyl (C=O) groups is 1. The van der Waals surface area contributed by atoms with Gasteiger partial charge in [-0.1, -0.05) is 0 Å². The summed E-state index contributed by atoms with van der Waals surface area (Å²) in [6.07, 6.45) is 0. The van der Waals surface area contributed by atoms with E-state index in [0.29, 0.717) is 12.3 Å². The Hall–Kier alpha value is -1.95. The second-order valence-corrected chi connectivity index (χ2v) is 5.55. The van der Waals surface area contributed by atoms with E-state index in [0.717, 1.165) is 15.6 Å². The van der Waals surface area contributed by atoms with E-state index < -0.39 is 0 Å². The molecule has 20 heavy (non-hydrogen) atoms. The van der Waals surface area contributed by atoms with Crippen molar-refractivity contribution in [3.05, 3.63) is 45.7 Å². The monoisotopic (exact) mass is 294 g/mol. The minimum atomic E-state index is -0.335. The second kappa shape index (κ2) is 6.47. The van der Waals surface area contributed by atoms with Gasteiger partial charge in [0.05, 0.1) is 17.2 Å². The molecule has 0 fully saturated rings. The van der Waals surface area contributed by atoms with Gasteiger partial charge in [0, 0.05) is 4.88 Å². The largest absolute Gasteiger partial charge is 0.484 e. The Morgan fingerprint density at radius 3 is 2.65 bits per heavy atom. The highest BCUT2D eigenvalue weighted by atomic mass is 32.1. The van der Waals surface area contributed by atoms with Gasteiger partial charge < -0.3 is 10.1 Å². The van der Waals surface area contributed by atoms with Gasteiger partial charge in [0.2, 0.25) is 0 Å². The first-order chi connectivity index (χ1) is 9.54. The molecule has 2 rings (SSSR count). The Labute approximate surface area is 120 Å². The maximum atomic E-state index is 12.7. The van der Waals surface area contributed by atoms with Crippen LogP contribution in [0, 0.1) is 19.7 Å². The van der Waals surface area contributed by atoms with Crippen LogP contribution in [0.5, 0.6) is 5.75 Å². The van der Waals surface area contributed by atoms with Gasteiger partial charge in [0.25, 0.3) is 5.91 Å². The van der Waals surface area contributed by atoms with Crippen molar-refractivity contribution in [1.82, 2.24) is 10.3 Å². The number of hydrogen-bond acceptors (Lipinski definition) is 4. The van der Waals surface area contributed by atoms with Crippen LogP contribution < -0.4 is 10.1 Å². The van der Waals surface area contributed by atoms with Crippen LogP contribution in [0.2, 0.25) is 0 Å². The van der Waals surface area contributed by atoms with E-state index in [1.54, 1.807) is 11.3 Å². The van der Waals surface area contributed by atoms with Crippen molar-refractivity contribution in [3.63, 3.8) is 0 Å². The average Bonchev–Trinajstić information content (AvgIpc) is 2.74. The fraction of sp³-hybridized carbons (Fsp3) is 0.286. The van der Waals surface area contributed by atoms with E-state index in [9.17, 15) is 9.18 Å². The summed E-state index contributed by atoms with van der Waals surface area (Å²) >= 11 is 1.56. The molecule has 0 unspecified atom stereocenters. The molecule has 0 radical (unpaired) electrons. The van der Waals surface area contributed by atoms with Crippen molar-refractivity contribution < 1.29 is 13.9 Å². The molecule has 0 atom stereocenters. The highest BCUT2D eigenvalue weighted by Gasteiger charge is 2.07. The number of halogens is 1. The number of nitrogens with one attached hydrogen (secondary N) is 1. The molecule has 1 aromatic heterocycles. The molecular weight excluding hydrogens is 279 g/mol. The van der Waals surface area contributed by atoms with Crippen LogP contribution in [0.25, 0.3) is 0 Å². The number of thiazole rings is 1. The van der Waals surface area contributed by atoms with Gasteiger partial charge >= 0.3 is 0 Å². The van der Waals surface area contributed by atoms with E-state index in [1.165, 1.54) is 24.3 Å². The minimum Gasteiger partial charge on any atom is -0.484 e. The summed E-state index contributed by atoms with van der Waals surface area (Å²) < 4.78 is 17.9. The second-order valence-electron chi connectivity index (χ2n) is 4.26. The zero-order valence-corrected chi connectivity index (χ0v) is 12.1. The van der Waals surface area contributed by atoms with E-state index >= 15 is 0 Å². The summed E-state index contributed by atoms with van der Waals surface area (Å²) in [6, 6.07) is 5.55. The van der Waals surface area contributed by atoms with Crippen LogP contribution in [0.15, 0.2) is 24.3 Å². The molecule has 1 amide bonds. The Bertz CT molecular complexity index is 596. The number of nitrogens with zero attached hydrogens (tertiary/aromatic N) is 1. The Balaban J connectivity index is 1.78. The lowest BCUT2D eigenvalue weighted by Gasteiger charge is -2.06. The number of hydrogen-bond donors (Lipinski definition) is 1. The standard InChI is InChI=1S/C14H15FN2O2S/c1-9-13(20-10(2)17-9)7-16-14(18)8-19-12-5-3-11(15)4-6-12/h3-6H,7-8H2,1-2H3,(H,16,18). The highest BCUT2D eigenvalue weighted by Crippen LogP contribution is 2.16. The van der Waals surface area contributed by atoms with E-state index in [-0.39, 0.29) is 18.3 Å². The van der Waals surface area contributed by atoms with Crippen LogP contribution >= 0.6 is 11.3 Å². The molecule has 0 aliphatic rings. The molecule has 4 nitrogen and oxygen atoms in total. The van der Waals surface area contributed by atoms with Crippen LogP contribution in [-0.2, 0) is 11.3 Å². The number of carbonyl (C=O) groups excluding carboxylic acids is 1. The van der Waals surface area contributed by atoms with Crippen LogP contribution in [0.1, 0.15) is 15.6 Å². The van der Waals surface area contributed by atoms with Gasteiger partial charge in [-0.05, 0) is 38.1 Å². The summed E-state index contributed by atoms with van der Waals surface area (Å²) in [7, 11) is 0. The lowest BCUT2D eigenvalue weighted by Crippen LogP contribution is -2.28. The lowest BCUT2D eigenvalue weighted by atomic mass is 10.3. The topological polar surface area (TPSA) is 51.2 Å². The number of benzene rings is 1. The maximum absolute atomic E-state index is 12.7. The van der Waals surface area contributed by atoms with Gasteiger partial charge in [-0.3, -0.25) is 4.79 Å². The summed E-state index contributed by atoms with van der Waals surface area (Å²) in [5, 5.41) is 3.75. The van der Waals surface area contributed by atoms with Crippen molar-refractivity contribution >= 4 is 17.2 Å². The lowest BCUT2D eigenvalue weighted by molar-refractivity contribution is -0.123. The van der Waals surface area contributed by atoms with Gasteiger partial charge in [-0.2, -0.15) is 0 Å². The van der Waals surface area contributed by atoms with Gasteiger partial charge in [-0.25, -0.2) is 9.37 Å². The summed E-state index contributed by atoms with van der Waals surface area (Å²) in [5.74, 6) is -0.0935. The number of aromatic nitrogens is 1. The number of amides is 1. The molecule has 0 aliphatic heterocycles. The number of ether oxygens (including phenoxy) is 1. The molecule has 1 N–H and O–H groups in total. The smallest absolute Gasteiger partial charge is 0.258 e. The molecular formula is C14H15FN2O2S. The van der Waals surface area contributed by atoms with Gasteiger partial charge in [0.1, 0.15) is 11.6 Å². The minimum absolute atomic E-state index is 0.0948. The molecule has 1 aromatic carbocycles. The van der Waals surface area contributed by atoms with E-state index in [2.05, 4.69) is 10.3 Å². The summed E-state index contributed by atoms with van der Waals surface area (Å²) in [5.41, 5.74) is 0.937. The van der Waals surface area contributed by atoms with Crippen LogP contribution in [0.4, 0.5) is 4.39 Å². The zero-order chi connectivity index (χ0) is 14.5. The molecule has 0 saturated carbocycles. The molecule has 1 heterocycles. The Morgan fingerprint density at radius 1 is 1.35 bits per heavy atom. The SMILES string of the molecule is Cc1nc(C)c(CNC(=O)COc2ccc(F)cc2)s1. The predicted molar refractivity (Wildman–Crippen MR) is 75.3 cm³/mol. The molecule has 0 saturated heterocycles. The Kier molecular flexibility index (Phi) is 4.68. The number of aryl methyl sites for hydroxylation is 2. The maximum Gasteiger partial charge on any atom is 0.258 e.